The second-order valence-electron chi connectivity index (χ2n) is 9.53. The van der Waals surface area contributed by atoms with Gasteiger partial charge in [-0.1, -0.05) is 0 Å². The van der Waals surface area contributed by atoms with Gasteiger partial charge in [-0.3, -0.25) is 4.90 Å². The standard InChI is InChI=1S/C21H34N6O3/c1-13-23-18(22)14-4-9-27(19(14)24-13)20-17(29)16(28)15(30-20)12-26-8-3-5-21(26)6-10-25(2)11-7-21/h15-17,20,28-29H,3-12H2,1-2H3,(H2,22,23,24)/t15-,16-,17-,20-/m1/s1. The Morgan fingerprint density at radius 3 is 2.63 bits per heavy atom. The van der Waals surface area contributed by atoms with Gasteiger partial charge in [-0.05, 0) is 65.7 Å². The molecule has 1 aromatic rings. The molecule has 4 aliphatic rings. The largest absolute Gasteiger partial charge is 0.387 e. The van der Waals surface area contributed by atoms with E-state index in [1.165, 1.54) is 12.8 Å². The summed E-state index contributed by atoms with van der Waals surface area (Å²) in [6, 6.07) is 0. The summed E-state index contributed by atoms with van der Waals surface area (Å²) in [5.74, 6) is 1.82. The number of fused-ring (bicyclic) bond motifs is 1. The Kier molecular flexibility index (Phi) is 5.14. The highest BCUT2D eigenvalue weighted by atomic mass is 16.6. The second-order valence-corrected chi connectivity index (χ2v) is 9.53. The predicted octanol–water partition coefficient (Wildman–Crippen LogP) is -0.263. The number of nitrogens with two attached hydrogens (primary N) is 1. The molecule has 4 aliphatic heterocycles. The minimum absolute atomic E-state index is 0.220. The number of nitrogen functional groups attached to an aromatic ring is 1. The highest BCUT2D eigenvalue weighted by molar-refractivity contribution is 5.61. The molecule has 0 saturated carbocycles. The minimum atomic E-state index is -0.978. The van der Waals surface area contributed by atoms with Gasteiger partial charge in [-0.15, -0.1) is 0 Å². The summed E-state index contributed by atoms with van der Waals surface area (Å²) in [7, 11) is 2.18. The lowest BCUT2D eigenvalue weighted by Gasteiger charge is -2.45. The van der Waals surface area contributed by atoms with E-state index >= 15 is 0 Å². The van der Waals surface area contributed by atoms with Crippen LogP contribution in [0.4, 0.5) is 11.6 Å². The number of rotatable bonds is 3. The number of hydrogen-bond donors (Lipinski definition) is 3. The Morgan fingerprint density at radius 2 is 1.87 bits per heavy atom. The number of aromatic nitrogens is 2. The van der Waals surface area contributed by atoms with Crippen LogP contribution in [0, 0.1) is 6.92 Å². The molecular formula is C21H34N6O3. The number of nitrogens with zero attached hydrogens (tertiary/aromatic N) is 5. The van der Waals surface area contributed by atoms with Gasteiger partial charge >= 0.3 is 0 Å². The zero-order chi connectivity index (χ0) is 21.0. The topological polar surface area (TPSA) is 111 Å². The van der Waals surface area contributed by atoms with E-state index in [1.807, 2.05) is 11.8 Å². The molecule has 30 heavy (non-hydrogen) atoms. The van der Waals surface area contributed by atoms with Gasteiger partial charge in [-0.2, -0.15) is 0 Å². The first kappa shape index (κ1) is 20.4. The summed E-state index contributed by atoms with van der Waals surface area (Å²) in [6.07, 6.45) is 2.52. The molecule has 9 heteroatoms. The summed E-state index contributed by atoms with van der Waals surface area (Å²) in [6.45, 7) is 6.38. The van der Waals surface area contributed by atoms with Crippen molar-refractivity contribution >= 4 is 11.6 Å². The van der Waals surface area contributed by atoms with Crippen molar-refractivity contribution in [3.05, 3.63) is 11.4 Å². The molecule has 3 saturated heterocycles. The molecule has 5 heterocycles. The summed E-state index contributed by atoms with van der Waals surface area (Å²) in [5, 5.41) is 21.7. The van der Waals surface area contributed by atoms with E-state index in [2.05, 4.69) is 26.8 Å². The molecule has 1 aromatic heterocycles. The first-order valence-electron chi connectivity index (χ1n) is 11.2. The van der Waals surface area contributed by atoms with Gasteiger partial charge in [0.25, 0.3) is 0 Å². The van der Waals surface area contributed by atoms with Crippen LogP contribution in [-0.4, -0.2) is 99.8 Å². The normalized spacial score (nSPS) is 34.2. The van der Waals surface area contributed by atoms with Gasteiger partial charge in [0.2, 0.25) is 0 Å². The molecule has 5 rings (SSSR count). The Bertz CT molecular complexity index is 799. The van der Waals surface area contributed by atoms with E-state index in [4.69, 9.17) is 10.5 Å². The number of aryl methyl sites for hydroxylation is 1. The molecule has 0 aromatic carbocycles. The predicted molar refractivity (Wildman–Crippen MR) is 113 cm³/mol. The van der Waals surface area contributed by atoms with Crippen molar-refractivity contribution in [2.45, 2.75) is 69.1 Å². The van der Waals surface area contributed by atoms with Gasteiger partial charge in [0.1, 0.15) is 35.8 Å². The average molecular weight is 419 g/mol. The lowest BCUT2D eigenvalue weighted by molar-refractivity contribution is -0.0355. The maximum absolute atomic E-state index is 10.8. The molecule has 9 nitrogen and oxygen atoms in total. The van der Waals surface area contributed by atoms with E-state index < -0.39 is 24.5 Å². The van der Waals surface area contributed by atoms with Gasteiger partial charge in [0.15, 0.2) is 6.23 Å². The van der Waals surface area contributed by atoms with E-state index in [-0.39, 0.29) is 5.54 Å². The monoisotopic (exact) mass is 418 g/mol. The van der Waals surface area contributed by atoms with Crippen molar-refractivity contribution in [2.75, 3.05) is 50.4 Å². The van der Waals surface area contributed by atoms with E-state index in [0.29, 0.717) is 24.7 Å². The van der Waals surface area contributed by atoms with Crippen molar-refractivity contribution in [1.29, 1.82) is 0 Å². The van der Waals surface area contributed by atoms with Crippen LogP contribution in [0.3, 0.4) is 0 Å². The van der Waals surface area contributed by atoms with Crippen LogP contribution in [0.5, 0.6) is 0 Å². The van der Waals surface area contributed by atoms with Gasteiger partial charge in [0, 0.05) is 24.2 Å². The van der Waals surface area contributed by atoms with Gasteiger partial charge in [0.05, 0.1) is 0 Å². The van der Waals surface area contributed by atoms with Crippen LogP contribution in [0.25, 0.3) is 0 Å². The third-order valence-electron chi connectivity index (χ3n) is 7.71. The van der Waals surface area contributed by atoms with Crippen molar-refractivity contribution in [2.24, 2.45) is 0 Å². The molecule has 0 bridgehead atoms. The molecule has 4 N–H and O–H groups in total. The zero-order valence-corrected chi connectivity index (χ0v) is 18.0. The number of aliphatic hydroxyl groups is 2. The lowest BCUT2D eigenvalue weighted by Crippen LogP contribution is -2.54. The lowest BCUT2D eigenvalue weighted by atomic mass is 9.85. The van der Waals surface area contributed by atoms with Crippen LogP contribution in [0.1, 0.15) is 37.1 Å². The van der Waals surface area contributed by atoms with E-state index in [1.54, 1.807) is 0 Å². The first-order valence-corrected chi connectivity index (χ1v) is 11.2. The molecule has 0 amide bonds. The Balaban J connectivity index is 1.32. The van der Waals surface area contributed by atoms with Crippen LogP contribution < -0.4 is 10.6 Å². The molecule has 3 fully saturated rings. The van der Waals surface area contributed by atoms with E-state index in [0.717, 1.165) is 50.3 Å². The molecule has 166 valence electrons. The third kappa shape index (κ3) is 3.27. The van der Waals surface area contributed by atoms with Crippen LogP contribution in [0.15, 0.2) is 0 Å². The summed E-state index contributed by atoms with van der Waals surface area (Å²) in [5.41, 5.74) is 7.20. The summed E-state index contributed by atoms with van der Waals surface area (Å²) >= 11 is 0. The summed E-state index contributed by atoms with van der Waals surface area (Å²) < 4.78 is 6.30. The summed E-state index contributed by atoms with van der Waals surface area (Å²) in [4.78, 5) is 15.7. The van der Waals surface area contributed by atoms with Crippen LogP contribution in [0.2, 0.25) is 0 Å². The third-order valence-corrected chi connectivity index (χ3v) is 7.71. The Labute approximate surface area is 177 Å². The molecule has 0 aliphatic carbocycles. The quantitative estimate of drug-likeness (QED) is 0.611. The molecular weight excluding hydrogens is 384 g/mol. The number of piperidine rings is 1. The number of likely N-dealkylation sites (tertiary alicyclic amines) is 2. The smallest absolute Gasteiger partial charge is 0.160 e. The Morgan fingerprint density at radius 1 is 1.10 bits per heavy atom. The van der Waals surface area contributed by atoms with Crippen molar-refractivity contribution < 1.29 is 14.9 Å². The zero-order valence-electron chi connectivity index (χ0n) is 18.0. The molecule has 0 unspecified atom stereocenters. The highest BCUT2D eigenvalue weighted by Gasteiger charge is 2.50. The number of aliphatic hydroxyl groups excluding tert-OH is 2. The van der Waals surface area contributed by atoms with Crippen molar-refractivity contribution in [1.82, 2.24) is 19.8 Å². The maximum Gasteiger partial charge on any atom is 0.160 e. The second kappa shape index (κ2) is 7.56. The molecule has 1 spiro atoms. The Hall–Kier alpha value is -1.52. The molecule has 4 atom stereocenters. The number of hydrogen-bond acceptors (Lipinski definition) is 9. The maximum atomic E-state index is 10.8. The minimum Gasteiger partial charge on any atom is -0.387 e. The number of ether oxygens (including phenoxy) is 1. The van der Waals surface area contributed by atoms with Gasteiger partial charge < -0.3 is 30.5 Å². The fourth-order valence-corrected chi connectivity index (χ4v) is 5.90. The first-order chi connectivity index (χ1) is 14.4. The van der Waals surface area contributed by atoms with Crippen LogP contribution >= 0.6 is 0 Å². The average Bonchev–Trinajstić information content (AvgIpc) is 3.38. The van der Waals surface area contributed by atoms with Gasteiger partial charge in [-0.25, -0.2) is 9.97 Å². The van der Waals surface area contributed by atoms with Crippen molar-refractivity contribution in [3.63, 3.8) is 0 Å². The number of anilines is 2. The molecule has 0 radical (unpaired) electrons. The van der Waals surface area contributed by atoms with Crippen molar-refractivity contribution in [3.8, 4) is 0 Å². The highest BCUT2D eigenvalue weighted by Crippen LogP contribution is 2.40. The fourth-order valence-electron chi connectivity index (χ4n) is 5.90. The van der Waals surface area contributed by atoms with E-state index in [9.17, 15) is 10.2 Å². The SMILES string of the molecule is Cc1nc(N)c2c(n1)N([C@@H]1O[C@H](CN3CCCC34CCN(C)CC4)[C@@H](O)[C@H]1O)CC2. The fraction of sp³-hybridized carbons (Fsp3) is 0.810. The van der Waals surface area contributed by atoms with Crippen LogP contribution in [-0.2, 0) is 11.2 Å².